The van der Waals surface area contributed by atoms with Gasteiger partial charge in [-0.15, -0.1) is 0 Å². The molecule has 12 heavy (non-hydrogen) atoms. The number of methoxy groups -OCH3 is 2. The van der Waals surface area contributed by atoms with Crippen LogP contribution in [0.25, 0.3) is 0 Å². The SMILES string of the molecule is CO[C@@H]1C[C@](C)(OC)[C@H](O)CO1. The van der Waals surface area contributed by atoms with E-state index in [0.29, 0.717) is 6.42 Å². The van der Waals surface area contributed by atoms with E-state index >= 15 is 0 Å². The summed E-state index contributed by atoms with van der Waals surface area (Å²) in [6.45, 7) is 2.12. The fourth-order valence-corrected chi connectivity index (χ4v) is 1.27. The predicted octanol–water partition coefficient (Wildman–Crippen LogP) is 0.145. The van der Waals surface area contributed by atoms with Crippen molar-refractivity contribution in [1.29, 1.82) is 0 Å². The van der Waals surface area contributed by atoms with Gasteiger partial charge in [0.1, 0.15) is 6.10 Å². The van der Waals surface area contributed by atoms with Crippen LogP contribution in [0, 0.1) is 0 Å². The molecule has 0 saturated carbocycles. The smallest absolute Gasteiger partial charge is 0.160 e. The number of aliphatic hydroxyl groups excluding tert-OH is 1. The molecule has 0 aliphatic carbocycles. The second-order valence-corrected chi connectivity index (χ2v) is 3.24. The molecule has 1 saturated heterocycles. The van der Waals surface area contributed by atoms with Crippen molar-refractivity contribution in [2.75, 3.05) is 20.8 Å². The van der Waals surface area contributed by atoms with Crippen LogP contribution in [0.4, 0.5) is 0 Å². The summed E-state index contributed by atoms with van der Waals surface area (Å²) in [5, 5.41) is 9.54. The summed E-state index contributed by atoms with van der Waals surface area (Å²) in [5.74, 6) is 0. The quantitative estimate of drug-likeness (QED) is 0.650. The van der Waals surface area contributed by atoms with Crippen molar-refractivity contribution < 1.29 is 19.3 Å². The number of ether oxygens (including phenoxy) is 3. The lowest BCUT2D eigenvalue weighted by molar-refractivity contribution is -0.244. The molecule has 1 aliphatic rings. The molecule has 4 nitrogen and oxygen atoms in total. The zero-order valence-corrected chi connectivity index (χ0v) is 7.74. The maximum absolute atomic E-state index is 9.54. The molecule has 0 aromatic rings. The summed E-state index contributed by atoms with van der Waals surface area (Å²) >= 11 is 0. The molecule has 1 rings (SSSR count). The Morgan fingerprint density at radius 3 is 2.67 bits per heavy atom. The van der Waals surface area contributed by atoms with Gasteiger partial charge < -0.3 is 19.3 Å². The summed E-state index contributed by atoms with van der Waals surface area (Å²) < 4.78 is 15.4. The molecule has 0 bridgehead atoms. The van der Waals surface area contributed by atoms with E-state index in [1.807, 2.05) is 6.92 Å². The zero-order valence-electron chi connectivity index (χ0n) is 7.74. The molecule has 72 valence electrons. The summed E-state index contributed by atoms with van der Waals surface area (Å²) in [4.78, 5) is 0. The van der Waals surface area contributed by atoms with Gasteiger partial charge in [0.15, 0.2) is 6.29 Å². The second-order valence-electron chi connectivity index (χ2n) is 3.24. The lowest BCUT2D eigenvalue weighted by Crippen LogP contribution is -2.52. The van der Waals surface area contributed by atoms with Crippen LogP contribution >= 0.6 is 0 Å². The molecule has 0 aromatic carbocycles. The first-order valence-electron chi connectivity index (χ1n) is 4.00. The highest BCUT2D eigenvalue weighted by atomic mass is 16.7. The fourth-order valence-electron chi connectivity index (χ4n) is 1.27. The third-order valence-corrected chi connectivity index (χ3v) is 2.45. The van der Waals surface area contributed by atoms with Crippen molar-refractivity contribution in [2.45, 2.75) is 31.3 Å². The standard InChI is InChI=1S/C8H16O4/c1-8(11-3)4-7(10-2)12-5-6(8)9/h6-7,9H,4-5H2,1-3H3/t6-,7+,8+/m1/s1. The van der Waals surface area contributed by atoms with Crippen LogP contribution in [0.15, 0.2) is 0 Å². The van der Waals surface area contributed by atoms with E-state index in [1.54, 1.807) is 14.2 Å². The van der Waals surface area contributed by atoms with Crippen molar-refractivity contribution in [3.8, 4) is 0 Å². The van der Waals surface area contributed by atoms with Crippen LogP contribution in [0.5, 0.6) is 0 Å². The van der Waals surface area contributed by atoms with Gasteiger partial charge in [-0.3, -0.25) is 0 Å². The molecule has 1 heterocycles. The highest BCUT2D eigenvalue weighted by Crippen LogP contribution is 2.27. The summed E-state index contributed by atoms with van der Waals surface area (Å²) in [7, 11) is 3.17. The molecule has 0 radical (unpaired) electrons. The van der Waals surface area contributed by atoms with E-state index in [0.717, 1.165) is 0 Å². The largest absolute Gasteiger partial charge is 0.388 e. The zero-order chi connectivity index (χ0) is 9.19. The van der Waals surface area contributed by atoms with Gasteiger partial charge >= 0.3 is 0 Å². The van der Waals surface area contributed by atoms with Gasteiger partial charge in [0.25, 0.3) is 0 Å². The van der Waals surface area contributed by atoms with Crippen molar-refractivity contribution >= 4 is 0 Å². The van der Waals surface area contributed by atoms with E-state index in [1.165, 1.54) is 0 Å². The van der Waals surface area contributed by atoms with Gasteiger partial charge in [-0.05, 0) is 6.92 Å². The minimum Gasteiger partial charge on any atom is -0.388 e. The van der Waals surface area contributed by atoms with Crippen molar-refractivity contribution in [3.63, 3.8) is 0 Å². The van der Waals surface area contributed by atoms with Gasteiger partial charge in [-0.2, -0.15) is 0 Å². The highest BCUT2D eigenvalue weighted by Gasteiger charge is 2.40. The summed E-state index contributed by atoms with van der Waals surface area (Å²) in [6, 6.07) is 0. The van der Waals surface area contributed by atoms with Crippen molar-refractivity contribution in [3.05, 3.63) is 0 Å². The molecular weight excluding hydrogens is 160 g/mol. The Morgan fingerprint density at radius 1 is 1.50 bits per heavy atom. The maximum Gasteiger partial charge on any atom is 0.160 e. The Hall–Kier alpha value is -0.160. The predicted molar refractivity (Wildman–Crippen MR) is 42.8 cm³/mol. The first kappa shape index (κ1) is 9.92. The molecule has 0 aromatic heterocycles. The lowest BCUT2D eigenvalue weighted by Gasteiger charge is -2.40. The minimum atomic E-state index is -0.575. The molecule has 1 fully saturated rings. The molecule has 0 spiro atoms. The maximum atomic E-state index is 9.54. The van der Waals surface area contributed by atoms with Crippen LogP contribution in [-0.4, -0.2) is 43.9 Å². The van der Waals surface area contributed by atoms with Crippen molar-refractivity contribution in [2.24, 2.45) is 0 Å². The second kappa shape index (κ2) is 3.70. The Bertz CT molecular complexity index is 150. The van der Waals surface area contributed by atoms with Gasteiger partial charge in [0.2, 0.25) is 0 Å². The van der Waals surface area contributed by atoms with Crippen LogP contribution < -0.4 is 0 Å². The van der Waals surface area contributed by atoms with Crippen molar-refractivity contribution in [1.82, 2.24) is 0 Å². The number of hydrogen-bond donors (Lipinski definition) is 1. The van der Waals surface area contributed by atoms with Gasteiger partial charge in [-0.1, -0.05) is 0 Å². The van der Waals surface area contributed by atoms with E-state index in [4.69, 9.17) is 14.2 Å². The summed E-state index contributed by atoms with van der Waals surface area (Å²) in [6.07, 6.45) is -0.284. The van der Waals surface area contributed by atoms with Crippen LogP contribution in [0.3, 0.4) is 0 Å². The minimum absolute atomic E-state index is 0.265. The number of rotatable bonds is 2. The third kappa shape index (κ3) is 1.77. The van der Waals surface area contributed by atoms with E-state index in [9.17, 15) is 5.11 Å². The normalized spacial score (nSPS) is 43.0. The van der Waals surface area contributed by atoms with Crippen LogP contribution in [0.1, 0.15) is 13.3 Å². The molecule has 0 unspecified atom stereocenters. The van der Waals surface area contributed by atoms with E-state index in [-0.39, 0.29) is 12.9 Å². The molecule has 4 heteroatoms. The number of hydrogen-bond acceptors (Lipinski definition) is 4. The lowest BCUT2D eigenvalue weighted by atomic mass is 9.93. The van der Waals surface area contributed by atoms with Gasteiger partial charge in [0.05, 0.1) is 12.2 Å². The highest BCUT2D eigenvalue weighted by molar-refractivity contribution is 4.88. The molecule has 3 atom stereocenters. The Kier molecular flexibility index (Phi) is 3.06. The third-order valence-electron chi connectivity index (χ3n) is 2.45. The molecule has 1 N–H and O–H groups in total. The topological polar surface area (TPSA) is 47.9 Å². The summed E-state index contributed by atoms with van der Waals surface area (Å²) in [5.41, 5.74) is -0.543. The van der Waals surface area contributed by atoms with E-state index < -0.39 is 11.7 Å². The van der Waals surface area contributed by atoms with Crippen LogP contribution in [0.2, 0.25) is 0 Å². The molecule has 1 aliphatic heterocycles. The van der Waals surface area contributed by atoms with Crippen LogP contribution in [-0.2, 0) is 14.2 Å². The first-order valence-corrected chi connectivity index (χ1v) is 4.00. The van der Waals surface area contributed by atoms with Gasteiger partial charge in [-0.25, -0.2) is 0 Å². The monoisotopic (exact) mass is 176 g/mol. The Balaban J connectivity index is 2.58. The fraction of sp³-hybridized carbons (Fsp3) is 1.00. The van der Waals surface area contributed by atoms with E-state index in [2.05, 4.69) is 0 Å². The van der Waals surface area contributed by atoms with Gasteiger partial charge in [0, 0.05) is 20.6 Å². The average Bonchev–Trinajstić information content (AvgIpc) is 2.10. The number of aliphatic hydroxyl groups is 1. The average molecular weight is 176 g/mol. The first-order chi connectivity index (χ1) is 5.62. The molecular formula is C8H16O4. The Labute approximate surface area is 72.4 Å². The molecule has 0 amide bonds. The Morgan fingerprint density at radius 2 is 2.17 bits per heavy atom.